The lowest BCUT2D eigenvalue weighted by Crippen LogP contribution is -2.39. The number of anilines is 1. The smallest absolute Gasteiger partial charge is 0.318 e. The third kappa shape index (κ3) is 3.98. The maximum Gasteiger partial charge on any atom is 0.318 e. The molecule has 4 N–H and O–H groups in total. The maximum absolute atomic E-state index is 10.7. The molecule has 0 saturated carbocycles. The summed E-state index contributed by atoms with van der Waals surface area (Å²) in [5.41, 5.74) is 5.00. The zero-order valence-electron chi connectivity index (χ0n) is 9.73. The van der Waals surface area contributed by atoms with Crippen LogP contribution < -0.4 is 21.1 Å². The fraction of sp³-hybridized carbons (Fsp3) is 0.300. The van der Waals surface area contributed by atoms with Gasteiger partial charge in [-0.2, -0.15) is 0 Å². The minimum atomic E-state index is -0.702. The number of guanidine groups is 1. The fourth-order valence-electron chi connectivity index (χ4n) is 1.13. The van der Waals surface area contributed by atoms with Crippen molar-refractivity contribution in [2.75, 3.05) is 19.0 Å². The Morgan fingerprint density at radius 1 is 1.65 bits per heavy atom. The summed E-state index contributed by atoms with van der Waals surface area (Å²) in [6.45, 7) is 2.38. The van der Waals surface area contributed by atoms with Crippen LogP contribution in [-0.4, -0.2) is 30.6 Å². The number of primary amides is 1. The lowest BCUT2D eigenvalue weighted by atomic mass is 10.4. The van der Waals surface area contributed by atoms with Crippen LogP contribution in [0.25, 0.3) is 0 Å². The zero-order chi connectivity index (χ0) is 12.7. The maximum atomic E-state index is 10.7. The van der Waals surface area contributed by atoms with E-state index in [1.165, 1.54) is 7.05 Å². The summed E-state index contributed by atoms with van der Waals surface area (Å²) < 4.78 is 5.36. The summed E-state index contributed by atoms with van der Waals surface area (Å²) in [5.74, 6) is 1.24. The fourth-order valence-corrected chi connectivity index (χ4v) is 1.13. The number of urea groups is 1. The molecule has 0 atom stereocenters. The van der Waals surface area contributed by atoms with E-state index >= 15 is 0 Å². The molecule has 17 heavy (non-hydrogen) atoms. The standard InChI is InChI=1S/C10H15N5O2/c1-3-17-7-5-4-6-13-8(7)14-10(12-2)15-9(11)16/h4-6H,3H2,1-2H3,(H4,11,12,13,14,15,16). The van der Waals surface area contributed by atoms with Crippen molar-refractivity contribution in [3.63, 3.8) is 0 Å². The second-order valence-electron chi connectivity index (χ2n) is 2.97. The number of aromatic nitrogens is 1. The first kappa shape index (κ1) is 12.8. The molecule has 1 rings (SSSR count). The Morgan fingerprint density at radius 3 is 3.00 bits per heavy atom. The van der Waals surface area contributed by atoms with Gasteiger partial charge in [-0.25, -0.2) is 9.78 Å². The third-order valence-electron chi connectivity index (χ3n) is 1.77. The minimum Gasteiger partial charge on any atom is -0.490 e. The molecule has 0 unspecified atom stereocenters. The molecular weight excluding hydrogens is 222 g/mol. The van der Waals surface area contributed by atoms with Gasteiger partial charge in [-0.15, -0.1) is 0 Å². The highest BCUT2D eigenvalue weighted by molar-refractivity contribution is 6.03. The van der Waals surface area contributed by atoms with E-state index in [2.05, 4.69) is 20.6 Å². The molecule has 7 nitrogen and oxygen atoms in total. The molecule has 92 valence electrons. The van der Waals surface area contributed by atoms with Crippen LogP contribution in [0.5, 0.6) is 5.75 Å². The molecule has 0 aliphatic heterocycles. The van der Waals surface area contributed by atoms with Crippen LogP contribution in [-0.2, 0) is 0 Å². The van der Waals surface area contributed by atoms with Gasteiger partial charge in [-0.05, 0) is 19.1 Å². The number of nitrogens with zero attached hydrogens (tertiary/aromatic N) is 2. The van der Waals surface area contributed by atoms with Crippen molar-refractivity contribution in [1.29, 1.82) is 0 Å². The van der Waals surface area contributed by atoms with Gasteiger partial charge in [0.15, 0.2) is 11.6 Å². The van der Waals surface area contributed by atoms with Gasteiger partial charge in [0, 0.05) is 13.2 Å². The summed E-state index contributed by atoms with van der Waals surface area (Å²) in [6, 6.07) is 2.81. The largest absolute Gasteiger partial charge is 0.490 e. The minimum absolute atomic E-state index is 0.206. The van der Waals surface area contributed by atoms with Gasteiger partial charge in [0.25, 0.3) is 0 Å². The Hall–Kier alpha value is -2.31. The number of aliphatic imine (C=N–C) groups is 1. The Balaban J connectivity index is 2.82. The molecule has 1 aromatic rings. The average molecular weight is 237 g/mol. The second kappa shape index (κ2) is 6.31. The van der Waals surface area contributed by atoms with Gasteiger partial charge in [-0.3, -0.25) is 10.3 Å². The Morgan fingerprint density at radius 2 is 2.41 bits per heavy atom. The molecule has 1 heterocycles. The van der Waals surface area contributed by atoms with Crippen molar-refractivity contribution in [1.82, 2.24) is 10.3 Å². The molecule has 0 aliphatic carbocycles. The number of amides is 2. The monoisotopic (exact) mass is 237 g/mol. The first-order valence-electron chi connectivity index (χ1n) is 5.05. The number of rotatable bonds is 3. The quantitative estimate of drug-likeness (QED) is 0.527. The number of hydrogen-bond donors (Lipinski definition) is 3. The highest BCUT2D eigenvalue weighted by Gasteiger charge is 2.07. The highest BCUT2D eigenvalue weighted by atomic mass is 16.5. The van der Waals surface area contributed by atoms with Crippen LogP contribution in [0, 0.1) is 0 Å². The summed E-state index contributed by atoms with van der Waals surface area (Å²) in [5, 5.41) is 5.14. The van der Waals surface area contributed by atoms with Crippen LogP contribution in [0.4, 0.5) is 10.6 Å². The summed E-state index contributed by atoms with van der Waals surface area (Å²) in [7, 11) is 1.52. The molecule has 0 aromatic carbocycles. The molecule has 0 radical (unpaired) electrons. The molecule has 0 bridgehead atoms. The van der Waals surface area contributed by atoms with Gasteiger partial charge in [-0.1, -0.05) is 0 Å². The number of ether oxygens (including phenoxy) is 1. The van der Waals surface area contributed by atoms with Gasteiger partial charge in [0.2, 0.25) is 5.96 Å². The SMILES string of the molecule is CCOc1cccnc1NC(=NC)NC(N)=O. The van der Waals surface area contributed by atoms with Crippen LogP contribution in [0.3, 0.4) is 0 Å². The number of nitrogens with two attached hydrogens (primary N) is 1. The molecule has 0 fully saturated rings. The average Bonchev–Trinajstić information content (AvgIpc) is 2.30. The summed E-state index contributed by atoms with van der Waals surface area (Å²) >= 11 is 0. The number of pyridine rings is 1. The number of carbonyl (C=O) groups is 1. The van der Waals surface area contributed by atoms with Crippen LogP contribution >= 0.6 is 0 Å². The molecule has 7 heteroatoms. The summed E-state index contributed by atoms with van der Waals surface area (Å²) in [6.07, 6.45) is 1.60. The highest BCUT2D eigenvalue weighted by Crippen LogP contribution is 2.20. The third-order valence-corrected chi connectivity index (χ3v) is 1.77. The van der Waals surface area contributed by atoms with Crippen LogP contribution in [0.2, 0.25) is 0 Å². The Bertz CT molecular complexity index is 419. The second-order valence-corrected chi connectivity index (χ2v) is 2.97. The lowest BCUT2D eigenvalue weighted by molar-refractivity contribution is 0.253. The molecule has 0 aliphatic rings. The van der Waals surface area contributed by atoms with Crippen molar-refractivity contribution in [3.05, 3.63) is 18.3 Å². The number of carbonyl (C=O) groups excluding carboxylic acids is 1. The van der Waals surface area contributed by atoms with Crippen LogP contribution in [0.15, 0.2) is 23.3 Å². The Labute approximate surface area is 99.1 Å². The molecule has 0 saturated heterocycles. The van der Waals surface area contributed by atoms with Crippen LogP contribution in [0.1, 0.15) is 6.92 Å². The molecule has 1 aromatic heterocycles. The number of hydrogen-bond acceptors (Lipinski definition) is 4. The van der Waals surface area contributed by atoms with Gasteiger partial charge < -0.3 is 15.8 Å². The summed E-state index contributed by atoms with van der Waals surface area (Å²) in [4.78, 5) is 18.6. The van der Waals surface area contributed by atoms with E-state index in [-0.39, 0.29) is 5.96 Å². The van der Waals surface area contributed by atoms with Crippen molar-refractivity contribution < 1.29 is 9.53 Å². The zero-order valence-corrected chi connectivity index (χ0v) is 9.73. The lowest BCUT2D eigenvalue weighted by Gasteiger charge is -2.12. The topological polar surface area (TPSA) is 102 Å². The number of nitrogens with one attached hydrogen (secondary N) is 2. The van der Waals surface area contributed by atoms with Crippen molar-refractivity contribution in [2.24, 2.45) is 10.7 Å². The normalized spacial score (nSPS) is 10.8. The first-order chi connectivity index (χ1) is 8.17. The van der Waals surface area contributed by atoms with Gasteiger partial charge in [0.05, 0.1) is 6.61 Å². The van der Waals surface area contributed by atoms with Gasteiger partial charge >= 0.3 is 6.03 Å². The van der Waals surface area contributed by atoms with E-state index in [0.29, 0.717) is 18.2 Å². The first-order valence-corrected chi connectivity index (χ1v) is 5.05. The van der Waals surface area contributed by atoms with E-state index in [1.54, 1.807) is 18.3 Å². The van der Waals surface area contributed by atoms with Crippen molar-refractivity contribution >= 4 is 17.8 Å². The van der Waals surface area contributed by atoms with E-state index in [1.807, 2.05) is 6.92 Å². The van der Waals surface area contributed by atoms with E-state index in [0.717, 1.165) is 0 Å². The molecule has 0 spiro atoms. The van der Waals surface area contributed by atoms with Crippen molar-refractivity contribution in [3.8, 4) is 5.75 Å². The van der Waals surface area contributed by atoms with E-state index in [4.69, 9.17) is 10.5 Å². The predicted octanol–water partition coefficient (Wildman–Crippen LogP) is 0.546. The van der Waals surface area contributed by atoms with E-state index < -0.39 is 6.03 Å². The van der Waals surface area contributed by atoms with E-state index in [9.17, 15) is 4.79 Å². The molecule has 2 amide bonds. The molecular formula is C10H15N5O2. The Kier molecular flexibility index (Phi) is 4.74. The predicted molar refractivity (Wildman–Crippen MR) is 65.1 cm³/mol. The van der Waals surface area contributed by atoms with Gasteiger partial charge in [0.1, 0.15) is 0 Å². The van der Waals surface area contributed by atoms with Crippen molar-refractivity contribution in [2.45, 2.75) is 6.92 Å².